The van der Waals surface area contributed by atoms with Gasteiger partial charge in [-0.2, -0.15) is 0 Å². The highest BCUT2D eigenvalue weighted by molar-refractivity contribution is 6.31. The molecular formula is C16H16ClNO2. The van der Waals surface area contributed by atoms with E-state index in [9.17, 15) is 5.11 Å². The van der Waals surface area contributed by atoms with E-state index in [0.29, 0.717) is 10.8 Å². The first-order valence-electron chi connectivity index (χ1n) is 6.57. The molecule has 2 aromatic carbocycles. The zero-order valence-electron chi connectivity index (χ0n) is 11.2. The highest BCUT2D eigenvalue weighted by Gasteiger charge is 2.23. The largest absolute Gasteiger partial charge is 0.508 e. The van der Waals surface area contributed by atoms with Crippen molar-refractivity contribution in [2.45, 2.75) is 12.5 Å². The second-order valence-electron chi connectivity index (χ2n) is 4.91. The number of methoxy groups -OCH3 is 1. The molecule has 1 aliphatic heterocycles. The molecule has 20 heavy (non-hydrogen) atoms. The Labute approximate surface area is 123 Å². The predicted octanol–water partition coefficient (Wildman–Crippen LogP) is 3.29. The van der Waals surface area contributed by atoms with Crippen molar-refractivity contribution in [3.8, 4) is 11.5 Å². The summed E-state index contributed by atoms with van der Waals surface area (Å²) in [6.45, 7) is 0.865. The number of rotatable bonds is 2. The third-order valence-electron chi connectivity index (χ3n) is 3.70. The van der Waals surface area contributed by atoms with Crippen LogP contribution in [0.5, 0.6) is 11.5 Å². The Hall–Kier alpha value is -1.71. The van der Waals surface area contributed by atoms with Crippen LogP contribution in [0.15, 0.2) is 36.4 Å². The van der Waals surface area contributed by atoms with Gasteiger partial charge in [-0.15, -0.1) is 0 Å². The molecule has 0 aromatic heterocycles. The summed E-state index contributed by atoms with van der Waals surface area (Å²) in [5.41, 5.74) is 3.36. The molecule has 104 valence electrons. The zero-order chi connectivity index (χ0) is 14.1. The summed E-state index contributed by atoms with van der Waals surface area (Å²) >= 11 is 6.37. The van der Waals surface area contributed by atoms with E-state index < -0.39 is 0 Å². The van der Waals surface area contributed by atoms with Gasteiger partial charge in [0.2, 0.25) is 0 Å². The van der Waals surface area contributed by atoms with Crippen molar-refractivity contribution in [1.82, 2.24) is 5.32 Å². The third-order valence-corrected chi connectivity index (χ3v) is 4.03. The molecule has 0 saturated carbocycles. The second kappa shape index (κ2) is 5.35. The van der Waals surface area contributed by atoms with Gasteiger partial charge in [0.15, 0.2) is 0 Å². The van der Waals surface area contributed by atoms with E-state index in [1.165, 1.54) is 11.1 Å². The van der Waals surface area contributed by atoms with Crippen molar-refractivity contribution in [3.05, 3.63) is 58.1 Å². The van der Waals surface area contributed by atoms with Crippen molar-refractivity contribution < 1.29 is 9.84 Å². The van der Waals surface area contributed by atoms with Gasteiger partial charge in [0.1, 0.15) is 11.5 Å². The van der Waals surface area contributed by atoms with E-state index in [4.69, 9.17) is 16.3 Å². The second-order valence-corrected chi connectivity index (χ2v) is 5.31. The Morgan fingerprint density at radius 2 is 2.00 bits per heavy atom. The first-order chi connectivity index (χ1) is 9.69. The maximum Gasteiger partial charge on any atom is 0.120 e. The number of fused-ring (bicyclic) bond motifs is 1. The molecule has 0 amide bonds. The molecule has 0 saturated heterocycles. The van der Waals surface area contributed by atoms with Crippen LogP contribution in [0.1, 0.15) is 22.7 Å². The number of hydrogen-bond acceptors (Lipinski definition) is 3. The lowest BCUT2D eigenvalue weighted by Gasteiger charge is -2.28. The number of halogens is 1. The summed E-state index contributed by atoms with van der Waals surface area (Å²) in [4.78, 5) is 0. The van der Waals surface area contributed by atoms with Gasteiger partial charge in [0.25, 0.3) is 0 Å². The van der Waals surface area contributed by atoms with Crippen LogP contribution in [0.3, 0.4) is 0 Å². The monoisotopic (exact) mass is 289 g/mol. The number of benzene rings is 2. The Kier molecular flexibility index (Phi) is 3.55. The van der Waals surface area contributed by atoms with E-state index in [1.54, 1.807) is 13.2 Å². The molecule has 0 spiro atoms. The fraction of sp³-hybridized carbons (Fsp3) is 0.250. The smallest absolute Gasteiger partial charge is 0.120 e. The fourth-order valence-electron chi connectivity index (χ4n) is 2.70. The van der Waals surface area contributed by atoms with Crippen molar-refractivity contribution in [2.75, 3.05) is 13.7 Å². The standard InChI is InChI=1S/C16H16ClNO2/c1-20-12-3-5-14(15(17)9-12)16-13-4-2-11(19)8-10(13)6-7-18-16/h2-5,8-9,16,18-19H,6-7H2,1H3. The first kappa shape index (κ1) is 13.3. The highest BCUT2D eigenvalue weighted by Crippen LogP contribution is 2.35. The lowest BCUT2D eigenvalue weighted by molar-refractivity contribution is 0.414. The molecular weight excluding hydrogens is 274 g/mol. The average Bonchev–Trinajstić information content (AvgIpc) is 2.46. The molecule has 4 heteroatoms. The van der Waals surface area contributed by atoms with Crippen LogP contribution in [-0.2, 0) is 6.42 Å². The van der Waals surface area contributed by atoms with Crippen molar-refractivity contribution >= 4 is 11.6 Å². The van der Waals surface area contributed by atoms with Crippen molar-refractivity contribution in [3.63, 3.8) is 0 Å². The number of aromatic hydroxyl groups is 1. The Morgan fingerprint density at radius 1 is 1.20 bits per heavy atom. The van der Waals surface area contributed by atoms with Crippen molar-refractivity contribution in [1.29, 1.82) is 0 Å². The zero-order valence-corrected chi connectivity index (χ0v) is 11.9. The topological polar surface area (TPSA) is 41.5 Å². The summed E-state index contributed by atoms with van der Waals surface area (Å²) in [6.07, 6.45) is 0.911. The first-order valence-corrected chi connectivity index (χ1v) is 6.95. The van der Waals surface area contributed by atoms with E-state index in [2.05, 4.69) is 5.32 Å². The van der Waals surface area contributed by atoms with Gasteiger partial charge in [0.05, 0.1) is 13.2 Å². The van der Waals surface area contributed by atoms with Crippen LogP contribution in [-0.4, -0.2) is 18.8 Å². The van der Waals surface area contributed by atoms with Gasteiger partial charge >= 0.3 is 0 Å². The predicted molar refractivity (Wildman–Crippen MR) is 79.7 cm³/mol. The SMILES string of the molecule is COc1ccc(C2NCCc3cc(O)ccc32)c(Cl)c1. The van der Waals surface area contributed by atoms with Gasteiger partial charge < -0.3 is 15.2 Å². The number of hydrogen-bond donors (Lipinski definition) is 2. The van der Waals surface area contributed by atoms with Crippen LogP contribution < -0.4 is 10.1 Å². The summed E-state index contributed by atoms with van der Waals surface area (Å²) in [5.74, 6) is 1.06. The minimum Gasteiger partial charge on any atom is -0.508 e. The van der Waals surface area contributed by atoms with E-state index in [0.717, 1.165) is 24.3 Å². The van der Waals surface area contributed by atoms with Gasteiger partial charge in [0, 0.05) is 11.6 Å². The van der Waals surface area contributed by atoms with Crippen LogP contribution >= 0.6 is 11.6 Å². The van der Waals surface area contributed by atoms with Crippen LogP contribution in [0.2, 0.25) is 5.02 Å². The summed E-state index contributed by atoms with van der Waals surface area (Å²) in [6, 6.07) is 11.3. The molecule has 1 atom stereocenters. The van der Waals surface area contributed by atoms with Crippen LogP contribution in [0.4, 0.5) is 0 Å². The average molecular weight is 290 g/mol. The maximum atomic E-state index is 9.60. The molecule has 0 aliphatic carbocycles. The molecule has 3 rings (SSSR count). The minimum atomic E-state index is 0.0535. The van der Waals surface area contributed by atoms with Crippen molar-refractivity contribution in [2.24, 2.45) is 0 Å². The highest BCUT2D eigenvalue weighted by atomic mass is 35.5. The Bertz CT molecular complexity index is 642. The van der Waals surface area contributed by atoms with Gasteiger partial charge in [-0.25, -0.2) is 0 Å². The number of phenolic OH excluding ortho intramolecular Hbond substituents is 1. The molecule has 1 unspecified atom stereocenters. The van der Waals surface area contributed by atoms with Gasteiger partial charge in [-0.1, -0.05) is 23.7 Å². The summed E-state index contributed by atoms with van der Waals surface area (Å²) in [7, 11) is 1.63. The minimum absolute atomic E-state index is 0.0535. The number of phenols is 1. The number of ether oxygens (including phenoxy) is 1. The molecule has 3 nitrogen and oxygen atoms in total. The van der Waals surface area contributed by atoms with Crippen LogP contribution in [0, 0.1) is 0 Å². The van der Waals surface area contributed by atoms with Crippen LogP contribution in [0.25, 0.3) is 0 Å². The Morgan fingerprint density at radius 3 is 2.75 bits per heavy atom. The molecule has 1 aliphatic rings. The van der Waals surface area contributed by atoms with E-state index in [1.807, 2.05) is 30.3 Å². The summed E-state index contributed by atoms with van der Waals surface area (Å²) in [5, 5.41) is 13.8. The molecule has 0 bridgehead atoms. The van der Waals surface area contributed by atoms with Gasteiger partial charge in [-0.05, 0) is 47.4 Å². The fourth-order valence-corrected chi connectivity index (χ4v) is 2.98. The quantitative estimate of drug-likeness (QED) is 0.891. The Balaban J connectivity index is 2.04. The maximum absolute atomic E-state index is 9.60. The normalized spacial score (nSPS) is 17.6. The van der Waals surface area contributed by atoms with Gasteiger partial charge in [-0.3, -0.25) is 0 Å². The van der Waals surface area contributed by atoms with E-state index in [-0.39, 0.29) is 6.04 Å². The molecule has 2 aromatic rings. The lowest BCUT2D eigenvalue weighted by atomic mass is 9.89. The van der Waals surface area contributed by atoms with E-state index >= 15 is 0 Å². The molecule has 0 fully saturated rings. The summed E-state index contributed by atoms with van der Waals surface area (Å²) < 4.78 is 5.18. The molecule has 2 N–H and O–H groups in total. The molecule has 1 heterocycles. The number of nitrogens with one attached hydrogen (secondary N) is 1. The lowest BCUT2D eigenvalue weighted by Crippen LogP contribution is -2.30. The third kappa shape index (κ3) is 2.35. The molecule has 0 radical (unpaired) electrons.